The van der Waals surface area contributed by atoms with Gasteiger partial charge in [-0.2, -0.15) is 0 Å². The van der Waals surface area contributed by atoms with E-state index < -0.39 is 0 Å². The van der Waals surface area contributed by atoms with Gasteiger partial charge in [-0.1, -0.05) is 41.2 Å². The molecular formula is C29H27ClN4O3S2. The fraction of sp³-hybridized carbons (Fsp3) is 0.276. The summed E-state index contributed by atoms with van der Waals surface area (Å²) >= 11 is 8.89. The number of carbonyl (C=O) groups is 2. The third kappa shape index (κ3) is 5.90. The van der Waals surface area contributed by atoms with Gasteiger partial charge >= 0.3 is 0 Å². The molecule has 2 amide bonds. The standard InChI is InChI=1S/C29H27ClN4O3S2/c30-20-6-8-22(9-7-20)38-27-11-10-23(37-27)29(36)33-15-12-19(13-16-33)3-2-14-31-28(35)24-17-21-18-32-25-4-1-5-26(39-24)34(21)25/h1,4-11,17-19H,2-3,12-16H2,(H,31,35). The lowest BCUT2D eigenvalue weighted by Gasteiger charge is -2.31. The van der Waals surface area contributed by atoms with Crippen molar-refractivity contribution in [2.75, 3.05) is 19.6 Å². The van der Waals surface area contributed by atoms with E-state index in [4.69, 9.17) is 16.0 Å². The molecule has 7 nitrogen and oxygen atoms in total. The quantitative estimate of drug-likeness (QED) is 0.236. The molecule has 2 aliphatic heterocycles. The second kappa shape index (κ2) is 11.5. The maximum atomic E-state index is 13.0. The van der Waals surface area contributed by atoms with E-state index in [0.29, 0.717) is 33.2 Å². The van der Waals surface area contributed by atoms with Gasteiger partial charge in [-0.3, -0.25) is 14.0 Å². The first-order valence-corrected chi connectivity index (χ1v) is 15.0. The van der Waals surface area contributed by atoms with Crippen LogP contribution in [0.1, 0.15) is 41.9 Å². The Kier molecular flexibility index (Phi) is 7.72. The molecule has 0 spiro atoms. The molecule has 0 bridgehead atoms. The molecule has 0 aliphatic carbocycles. The highest BCUT2D eigenvalue weighted by Gasteiger charge is 2.26. The Morgan fingerprint density at radius 2 is 1.92 bits per heavy atom. The summed E-state index contributed by atoms with van der Waals surface area (Å²) < 4.78 is 7.89. The molecule has 0 saturated carbocycles. The van der Waals surface area contributed by atoms with Gasteiger partial charge in [-0.15, -0.1) is 0 Å². The van der Waals surface area contributed by atoms with Crippen molar-refractivity contribution >= 4 is 58.7 Å². The SMILES string of the molecule is O=C(NCCCC1CCN(C(=O)c2ccc(Sc3ccc(Cl)cc3)o2)CC1)C1=Cc2cnc3cccc(n23)S1. The van der Waals surface area contributed by atoms with E-state index in [2.05, 4.69) is 14.7 Å². The third-order valence-electron chi connectivity index (χ3n) is 7.04. The van der Waals surface area contributed by atoms with E-state index in [1.54, 1.807) is 12.3 Å². The number of carbonyl (C=O) groups excluding carboxylic acids is 2. The molecule has 1 N–H and O–H groups in total. The lowest BCUT2D eigenvalue weighted by Crippen LogP contribution is -2.38. The number of hydrogen-bond donors (Lipinski definition) is 1. The molecule has 4 aromatic rings. The summed E-state index contributed by atoms with van der Waals surface area (Å²) in [4.78, 5) is 33.7. The van der Waals surface area contributed by atoms with Crippen LogP contribution in [0, 0.1) is 5.92 Å². The molecular weight excluding hydrogens is 552 g/mol. The number of halogens is 1. The number of amides is 2. The first-order valence-electron chi connectivity index (χ1n) is 13.0. The van der Waals surface area contributed by atoms with Gasteiger partial charge in [0.1, 0.15) is 5.65 Å². The second-order valence-electron chi connectivity index (χ2n) is 9.66. The van der Waals surface area contributed by atoms with Crippen LogP contribution >= 0.6 is 35.1 Å². The van der Waals surface area contributed by atoms with Crippen molar-refractivity contribution in [2.24, 2.45) is 5.92 Å². The average molecular weight is 579 g/mol. The molecule has 200 valence electrons. The molecule has 0 unspecified atom stereocenters. The van der Waals surface area contributed by atoms with Crippen molar-refractivity contribution in [1.29, 1.82) is 0 Å². The van der Waals surface area contributed by atoms with Crippen molar-refractivity contribution in [2.45, 2.75) is 40.7 Å². The van der Waals surface area contributed by atoms with Gasteiger partial charge in [-0.25, -0.2) is 4.98 Å². The smallest absolute Gasteiger partial charge is 0.289 e. The maximum Gasteiger partial charge on any atom is 0.289 e. The molecule has 2 aliphatic rings. The van der Waals surface area contributed by atoms with Gasteiger partial charge in [0.05, 0.1) is 21.8 Å². The number of furan rings is 1. The maximum absolute atomic E-state index is 13.0. The molecule has 1 aromatic carbocycles. The lowest BCUT2D eigenvalue weighted by atomic mass is 9.92. The van der Waals surface area contributed by atoms with E-state index in [0.717, 1.165) is 60.0 Å². The molecule has 3 aromatic heterocycles. The van der Waals surface area contributed by atoms with Crippen molar-refractivity contribution in [3.8, 4) is 0 Å². The van der Waals surface area contributed by atoms with E-state index in [1.807, 2.05) is 59.5 Å². The highest BCUT2D eigenvalue weighted by Crippen LogP contribution is 2.34. The Bertz CT molecular complexity index is 1540. The van der Waals surface area contributed by atoms with Crippen molar-refractivity contribution < 1.29 is 14.0 Å². The summed E-state index contributed by atoms with van der Waals surface area (Å²) in [7, 11) is 0. The number of rotatable bonds is 8. The molecule has 39 heavy (non-hydrogen) atoms. The summed E-state index contributed by atoms with van der Waals surface area (Å²) in [5, 5.41) is 5.44. The lowest BCUT2D eigenvalue weighted by molar-refractivity contribution is -0.116. The first kappa shape index (κ1) is 26.1. The zero-order valence-corrected chi connectivity index (χ0v) is 23.5. The number of hydrogen-bond acceptors (Lipinski definition) is 6. The van der Waals surface area contributed by atoms with Crippen LogP contribution in [0.4, 0.5) is 0 Å². The molecule has 5 heterocycles. The Morgan fingerprint density at radius 1 is 1.10 bits per heavy atom. The number of imidazole rings is 1. The number of piperidine rings is 1. The predicted octanol–water partition coefficient (Wildman–Crippen LogP) is 6.63. The third-order valence-corrected chi connectivity index (χ3v) is 9.27. The van der Waals surface area contributed by atoms with Crippen LogP contribution in [0.25, 0.3) is 11.7 Å². The fourth-order valence-corrected chi connectivity index (χ4v) is 6.87. The largest absolute Gasteiger partial charge is 0.444 e. The van der Waals surface area contributed by atoms with E-state index in [1.165, 1.54) is 23.5 Å². The number of thioether (sulfide) groups is 1. The highest BCUT2D eigenvalue weighted by atomic mass is 35.5. The van der Waals surface area contributed by atoms with Crippen LogP contribution < -0.4 is 5.32 Å². The molecule has 10 heteroatoms. The van der Waals surface area contributed by atoms with Crippen molar-refractivity contribution in [3.63, 3.8) is 0 Å². The number of pyridine rings is 1. The normalized spacial score (nSPS) is 15.4. The van der Waals surface area contributed by atoms with E-state index >= 15 is 0 Å². The summed E-state index contributed by atoms with van der Waals surface area (Å²) in [5.74, 6) is 0.825. The minimum absolute atomic E-state index is 0.0445. The summed E-state index contributed by atoms with van der Waals surface area (Å²) in [6, 6.07) is 17.0. The number of aromatic nitrogens is 2. The van der Waals surface area contributed by atoms with Crippen LogP contribution in [-0.2, 0) is 4.79 Å². The summed E-state index contributed by atoms with van der Waals surface area (Å²) in [6.07, 6.45) is 7.57. The van der Waals surface area contributed by atoms with Crippen LogP contribution in [0.2, 0.25) is 5.02 Å². The Hall–Kier alpha value is -3.14. The Labute approximate surface area is 240 Å². The molecule has 0 atom stereocenters. The minimum Gasteiger partial charge on any atom is -0.444 e. The van der Waals surface area contributed by atoms with E-state index in [-0.39, 0.29) is 11.8 Å². The van der Waals surface area contributed by atoms with Crippen LogP contribution in [0.3, 0.4) is 0 Å². The number of nitrogens with zero attached hydrogens (tertiary/aromatic N) is 3. The van der Waals surface area contributed by atoms with Crippen LogP contribution in [0.15, 0.2) is 85.1 Å². The first-order chi connectivity index (χ1) is 19.0. The Balaban J connectivity index is 0.926. The number of nitrogens with one attached hydrogen (secondary N) is 1. The van der Waals surface area contributed by atoms with Gasteiger partial charge in [0.25, 0.3) is 11.8 Å². The van der Waals surface area contributed by atoms with Gasteiger partial charge < -0.3 is 14.6 Å². The zero-order valence-electron chi connectivity index (χ0n) is 21.1. The topological polar surface area (TPSA) is 79.8 Å². The molecule has 1 fully saturated rings. The second-order valence-corrected chi connectivity index (χ2v) is 12.2. The van der Waals surface area contributed by atoms with Gasteiger partial charge in [0.2, 0.25) is 0 Å². The summed E-state index contributed by atoms with van der Waals surface area (Å²) in [6.45, 7) is 2.08. The minimum atomic E-state index is -0.0565. The zero-order chi connectivity index (χ0) is 26.8. The highest BCUT2D eigenvalue weighted by molar-refractivity contribution is 8.04. The molecule has 1 saturated heterocycles. The molecule has 0 radical (unpaired) electrons. The Morgan fingerprint density at radius 3 is 2.74 bits per heavy atom. The van der Waals surface area contributed by atoms with Crippen molar-refractivity contribution in [1.82, 2.24) is 19.6 Å². The fourth-order valence-electron chi connectivity index (χ4n) is 4.97. The predicted molar refractivity (Wildman–Crippen MR) is 154 cm³/mol. The van der Waals surface area contributed by atoms with Gasteiger partial charge in [0, 0.05) is 29.6 Å². The molecule has 6 rings (SSSR count). The van der Waals surface area contributed by atoms with Gasteiger partial charge in [-0.05, 0) is 86.2 Å². The van der Waals surface area contributed by atoms with Crippen LogP contribution in [0.5, 0.6) is 0 Å². The van der Waals surface area contributed by atoms with E-state index in [9.17, 15) is 9.59 Å². The number of likely N-dealkylation sites (tertiary alicyclic amines) is 1. The summed E-state index contributed by atoms with van der Waals surface area (Å²) in [5.41, 5.74) is 1.82. The van der Waals surface area contributed by atoms with Crippen LogP contribution in [-0.4, -0.2) is 45.7 Å². The monoisotopic (exact) mass is 578 g/mol. The number of benzene rings is 1. The van der Waals surface area contributed by atoms with Gasteiger partial charge in [0.15, 0.2) is 10.9 Å². The van der Waals surface area contributed by atoms with Crippen molar-refractivity contribution in [3.05, 3.63) is 82.2 Å². The average Bonchev–Trinajstić information content (AvgIpc) is 3.60.